The average molecular weight is 328 g/mol. The Bertz CT molecular complexity index is 731. The molecule has 0 heterocycles. The summed E-state index contributed by atoms with van der Waals surface area (Å²) in [6.45, 7) is 4.20. The van der Waals surface area contributed by atoms with E-state index in [0.29, 0.717) is 6.54 Å². The topological polar surface area (TPSA) is 49.4 Å². The summed E-state index contributed by atoms with van der Waals surface area (Å²) < 4.78 is 13.5. The number of benzene rings is 2. The highest BCUT2D eigenvalue weighted by molar-refractivity contribution is 5.91. The largest absolute Gasteiger partial charge is 0.338 e. The molecular formula is C19H21FN2O2. The Morgan fingerprint density at radius 3 is 2.42 bits per heavy atom. The van der Waals surface area contributed by atoms with E-state index in [0.717, 1.165) is 11.1 Å². The van der Waals surface area contributed by atoms with Crippen LogP contribution in [0.2, 0.25) is 0 Å². The second kappa shape index (κ2) is 8.24. The van der Waals surface area contributed by atoms with Gasteiger partial charge in [0.15, 0.2) is 0 Å². The predicted molar refractivity (Wildman–Crippen MR) is 91.9 cm³/mol. The number of carbonyl (C=O) groups excluding carboxylic acids is 2. The average Bonchev–Trinajstić information content (AvgIpc) is 2.55. The molecule has 0 bridgehead atoms. The van der Waals surface area contributed by atoms with Crippen LogP contribution in [0, 0.1) is 12.7 Å². The molecule has 2 amide bonds. The molecule has 0 radical (unpaired) electrons. The van der Waals surface area contributed by atoms with Crippen molar-refractivity contribution in [1.29, 1.82) is 0 Å². The molecule has 0 aliphatic heterocycles. The molecule has 0 spiro atoms. The molecule has 0 fully saturated rings. The lowest BCUT2D eigenvalue weighted by molar-refractivity contribution is -0.129. The van der Waals surface area contributed by atoms with Gasteiger partial charge in [-0.15, -0.1) is 0 Å². The maximum absolute atomic E-state index is 13.5. The maximum Gasteiger partial charge on any atom is 0.226 e. The van der Waals surface area contributed by atoms with E-state index in [1.165, 1.54) is 19.1 Å². The Labute approximate surface area is 141 Å². The van der Waals surface area contributed by atoms with E-state index in [1.54, 1.807) is 17.0 Å². The monoisotopic (exact) mass is 328 g/mol. The van der Waals surface area contributed by atoms with Gasteiger partial charge in [-0.05, 0) is 30.2 Å². The van der Waals surface area contributed by atoms with Crippen LogP contribution < -0.4 is 5.32 Å². The summed E-state index contributed by atoms with van der Waals surface area (Å²) >= 11 is 0. The zero-order valence-corrected chi connectivity index (χ0v) is 13.9. The highest BCUT2D eigenvalue weighted by Crippen LogP contribution is 2.14. The van der Waals surface area contributed by atoms with Crippen molar-refractivity contribution in [2.24, 2.45) is 0 Å². The second-order valence-electron chi connectivity index (χ2n) is 5.65. The van der Waals surface area contributed by atoms with Crippen LogP contribution in [0.5, 0.6) is 0 Å². The zero-order chi connectivity index (χ0) is 17.5. The standard InChI is InChI=1S/C19H21FN2O2/c1-14-7-3-4-8-16(14)13-22(15(2)23)12-11-19(24)21-18-10-6-5-9-17(18)20/h3-10H,11-13H2,1-2H3,(H,21,24). The van der Waals surface area contributed by atoms with Gasteiger partial charge in [0, 0.05) is 26.4 Å². The lowest BCUT2D eigenvalue weighted by Crippen LogP contribution is -2.31. The molecule has 0 atom stereocenters. The number of hydrogen-bond donors (Lipinski definition) is 1. The Kier molecular flexibility index (Phi) is 6.07. The summed E-state index contributed by atoms with van der Waals surface area (Å²) in [4.78, 5) is 25.4. The Hall–Kier alpha value is -2.69. The summed E-state index contributed by atoms with van der Waals surface area (Å²) in [6, 6.07) is 13.8. The lowest BCUT2D eigenvalue weighted by Gasteiger charge is -2.22. The molecule has 0 unspecified atom stereocenters. The summed E-state index contributed by atoms with van der Waals surface area (Å²) in [5, 5.41) is 2.53. The molecule has 4 nitrogen and oxygen atoms in total. The first-order valence-corrected chi connectivity index (χ1v) is 7.82. The maximum atomic E-state index is 13.5. The van der Waals surface area contributed by atoms with Crippen LogP contribution in [-0.4, -0.2) is 23.3 Å². The van der Waals surface area contributed by atoms with Crippen LogP contribution >= 0.6 is 0 Å². The summed E-state index contributed by atoms with van der Waals surface area (Å²) in [5.41, 5.74) is 2.29. The third kappa shape index (κ3) is 4.91. The smallest absolute Gasteiger partial charge is 0.226 e. The Balaban J connectivity index is 1.94. The number of hydrogen-bond acceptors (Lipinski definition) is 2. The van der Waals surface area contributed by atoms with Crippen LogP contribution in [0.4, 0.5) is 10.1 Å². The van der Waals surface area contributed by atoms with Crippen LogP contribution in [-0.2, 0) is 16.1 Å². The highest BCUT2D eigenvalue weighted by Gasteiger charge is 2.13. The quantitative estimate of drug-likeness (QED) is 0.882. The SMILES string of the molecule is CC(=O)N(CCC(=O)Nc1ccccc1F)Cc1ccccc1C. The molecule has 1 N–H and O–H groups in total. The van der Waals surface area contributed by atoms with Gasteiger partial charge in [0.2, 0.25) is 11.8 Å². The van der Waals surface area contributed by atoms with Gasteiger partial charge in [-0.1, -0.05) is 36.4 Å². The minimum absolute atomic E-state index is 0.100. The number of nitrogens with one attached hydrogen (secondary N) is 1. The van der Waals surface area contributed by atoms with Crippen LogP contribution in [0.3, 0.4) is 0 Å². The minimum Gasteiger partial charge on any atom is -0.338 e. The van der Waals surface area contributed by atoms with Crippen LogP contribution in [0.25, 0.3) is 0 Å². The third-order valence-corrected chi connectivity index (χ3v) is 3.82. The van der Waals surface area contributed by atoms with Crippen molar-refractivity contribution in [3.63, 3.8) is 0 Å². The number of nitrogens with zero attached hydrogens (tertiary/aromatic N) is 1. The Morgan fingerprint density at radius 1 is 1.08 bits per heavy atom. The number of anilines is 1. The van der Waals surface area contributed by atoms with Crippen molar-refractivity contribution in [3.05, 3.63) is 65.5 Å². The predicted octanol–water partition coefficient (Wildman–Crippen LogP) is 3.51. The number of halogens is 1. The molecule has 2 aromatic carbocycles. The molecule has 0 aliphatic rings. The summed E-state index contributed by atoms with van der Waals surface area (Å²) in [5.74, 6) is -0.901. The molecule has 0 saturated carbocycles. The number of amides is 2. The first-order chi connectivity index (χ1) is 11.5. The molecule has 0 aromatic heterocycles. The highest BCUT2D eigenvalue weighted by atomic mass is 19.1. The van der Waals surface area contributed by atoms with Crippen molar-refractivity contribution < 1.29 is 14.0 Å². The van der Waals surface area contributed by atoms with E-state index in [1.807, 2.05) is 31.2 Å². The molecular weight excluding hydrogens is 307 g/mol. The molecule has 0 saturated heterocycles. The molecule has 126 valence electrons. The van der Waals surface area contributed by atoms with Crippen molar-refractivity contribution >= 4 is 17.5 Å². The molecule has 0 aliphatic carbocycles. The van der Waals surface area contributed by atoms with Gasteiger partial charge < -0.3 is 10.2 Å². The second-order valence-corrected chi connectivity index (χ2v) is 5.65. The first-order valence-electron chi connectivity index (χ1n) is 7.82. The van der Waals surface area contributed by atoms with E-state index in [4.69, 9.17) is 0 Å². The van der Waals surface area contributed by atoms with Crippen molar-refractivity contribution in [2.75, 3.05) is 11.9 Å². The van der Waals surface area contributed by atoms with Gasteiger partial charge in [-0.3, -0.25) is 9.59 Å². The fourth-order valence-electron chi connectivity index (χ4n) is 2.35. The van der Waals surface area contributed by atoms with E-state index >= 15 is 0 Å². The summed E-state index contributed by atoms with van der Waals surface area (Å²) in [6.07, 6.45) is 0.111. The minimum atomic E-state index is -0.478. The van der Waals surface area contributed by atoms with E-state index in [2.05, 4.69) is 5.32 Å². The number of rotatable bonds is 6. The van der Waals surface area contributed by atoms with Crippen molar-refractivity contribution in [2.45, 2.75) is 26.8 Å². The molecule has 24 heavy (non-hydrogen) atoms. The van der Waals surface area contributed by atoms with Gasteiger partial charge in [-0.25, -0.2) is 4.39 Å². The van der Waals surface area contributed by atoms with Crippen LogP contribution in [0.1, 0.15) is 24.5 Å². The molecule has 2 aromatic rings. The number of carbonyl (C=O) groups is 2. The van der Waals surface area contributed by atoms with Gasteiger partial charge >= 0.3 is 0 Å². The van der Waals surface area contributed by atoms with Gasteiger partial charge in [-0.2, -0.15) is 0 Å². The molecule has 5 heteroatoms. The van der Waals surface area contributed by atoms with E-state index < -0.39 is 5.82 Å². The molecule has 2 rings (SSSR count). The lowest BCUT2D eigenvalue weighted by atomic mass is 10.1. The number of aryl methyl sites for hydroxylation is 1. The van der Waals surface area contributed by atoms with E-state index in [-0.39, 0.29) is 30.5 Å². The first kappa shape index (κ1) is 17.7. The Morgan fingerprint density at radius 2 is 1.75 bits per heavy atom. The van der Waals surface area contributed by atoms with Gasteiger partial charge in [0.1, 0.15) is 5.82 Å². The van der Waals surface area contributed by atoms with Crippen molar-refractivity contribution in [3.8, 4) is 0 Å². The third-order valence-electron chi connectivity index (χ3n) is 3.82. The summed E-state index contributed by atoms with van der Waals surface area (Å²) in [7, 11) is 0. The number of para-hydroxylation sites is 1. The van der Waals surface area contributed by atoms with Gasteiger partial charge in [0.25, 0.3) is 0 Å². The van der Waals surface area contributed by atoms with Gasteiger partial charge in [0.05, 0.1) is 5.69 Å². The van der Waals surface area contributed by atoms with Crippen molar-refractivity contribution in [1.82, 2.24) is 4.90 Å². The zero-order valence-electron chi connectivity index (χ0n) is 13.9. The van der Waals surface area contributed by atoms with E-state index in [9.17, 15) is 14.0 Å². The fourth-order valence-corrected chi connectivity index (χ4v) is 2.35. The fraction of sp³-hybridized carbons (Fsp3) is 0.263. The normalized spacial score (nSPS) is 10.3. The van der Waals surface area contributed by atoms with Crippen LogP contribution in [0.15, 0.2) is 48.5 Å².